The maximum atomic E-state index is 12.8. The van der Waals surface area contributed by atoms with Crippen LogP contribution in [-0.2, 0) is 11.2 Å². The van der Waals surface area contributed by atoms with E-state index in [0.717, 1.165) is 38.9 Å². The van der Waals surface area contributed by atoms with E-state index in [9.17, 15) is 13.2 Å². The third-order valence-corrected chi connectivity index (χ3v) is 5.10. The van der Waals surface area contributed by atoms with E-state index >= 15 is 0 Å². The number of ether oxygens (including phenoxy) is 1. The van der Waals surface area contributed by atoms with Crippen molar-refractivity contribution in [2.45, 2.75) is 37.6 Å². The molecule has 2 aliphatic heterocycles. The van der Waals surface area contributed by atoms with Crippen LogP contribution in [-0.4, -0.2) is 67.5 Å². The number of benzene rings is 1. The predicted molar refractivity (Wildman–Crippen MR) is 87.0 cm³/mol. The molecule has 1 aromatic carbocycles. The molecule has 2 saturated heterocycles. The zero-order chi connectivity index (χ0) is 17.0. The van der Waals surface area contributed by atoms with E-state index in [4.69, 9.17) is 4.74 Å². The lowest BCUT2D eigenvalue weighted by Crippen LogP contribution is -2.54. The SMILES string of the molecule is FC(F)(F)C1CN(C2CCN(CCc3ccccc3)CC2)CCO1. The molecule has 1 unspecified atom stereocenters. The highest BCUT2D eigenvalue weighted by Gasteiger charge is 2.44. The molecule has 0 amide bonds. The molecule has 24 heavy (non-hydrogen) atoms. The summed E-state index contributed by atoms with van der Waals surface area (Å²) in [6.45, 7) is 3.72. The first-order valence-electron chi connectivity index (χ1n) is 8.71. The lowest BCUT2D eigenvalue weighted by Gasteiger charge is -2.42. The van der Waals surface area contributed by atoms with Crippen molar-refractivity contribution in [3.63, 3.8) is 0 Å². The van der Waals surface area contributed by atoms with Crippen molar-refractivity contribution in [1.29, 1.82) is 0 Å². The minimum absolute atomic E-state index is 0.0157. The maximum absolute atomic E-state index is 12.8. The summed E-state index contributed by atoms with van der Waals surface area (Å²) in [6, 6.07) is 10.7. The molecular formula is C18H25F3N2O. The van der Waals surface area contributed by atoms with E-state index in [1.54, 1.807) is 0 Å². The van der Waals surface area contributed by atoms with Crippen LogP contribution in [0.4, 0.5) is 13.2 Å². The maximum Gasteiger partial charge on any atom is 0.415 e. The van der Waals surface area contributed by atoms with Crippen LogP contribution in [0, 0.1) is 0 Å². The van der Waals surface area contributed by atoms with Crippen molar-refractivity contribution in [1.82, 2.24) is 9.80 Å². The van der Waals surface area contributed by atoms with Gasteiger partial charge in [0.15, 0.2) is 6.10 Å². The van der Waals surface area contributed by atoms with Crippen LogP contribution in [0.1, 0.15) is 18.4 Å². The second-order valence-corrected chi connectivity index (χ2v) is 6.70. The highest BCUT2D eigenvalue weighted by Crippen LogP contribution is 2.28. The smallest absolute Gasteiger partial charge is 0.366 e. The molecule has 134 valence electrons. The Morgan fingerprint density at radius 1 is 1.04 bits per heavy atom. The lowest BCUT2D eigenvalue weighted by atomic mass is 10.0. The van der Waals surface area contributed by atoms with Crippen LogP contribution < -0.4 is 0 Å². The molecule has 0 spiro atoms. The normalized spacial score (nSPS) is 25.0. The molecular weight excluding hydrogens is 317 g/mol. The Morgan fingerprint density at radius 3 is 2.42 bits per heavy atom. The third kappa shape index (κ3) is 4.71. The van der Waals surface area contributed by atoms with Gasteiger partial charge in [-0.3, -0.25) is 4.90 Å². The van der Waals surface area contributed by atoms with Crippen molar-refractivity contribution in [3.05, 3.63) is 35.9 Å². The quantitative estimate of drug-likeness (QED) is 0.837. The van der Waals surface area contributed by atoms with Crippen molar-refractivity contribution in [2.75, 3.05) is 39.3 Å². The summed E-state index contributed by atoms with van der Waals surface area (Å²) in [5, 5.41) is 0. The summed E-state index contributed by atoms with van der Waals surface area (Å²) in [5.74, 6) is 0. The minimum atomic E-state index is -4.25. The predicted octanol–water partition coefficient (Wildman–Crippen LogP) is 2.96. The van der Waals surface area contributed by atoms with Crippen LogP contribution >= 0.6 is 0 Å². The number of halogens is 3. The second-order valence-electron chi connectivity index (χ2n) is 6.70. The van der Waals surface area contributed by atoms with Gasteiger partial charge in [0.25, 0.3) is 0 Å². The fraction of sp³-hybridized carbons (Fsp3) is 0.667. The van der Waals surface area contributed by atoms with E-state index in [-0.39, 0.29) is 19.2 Å². The number of likely N-dealkylation sites (tertiary alicyclic amines) is 1. The van der Waals surface area contributed by atoms with Gasteiger partial charge < -0.3 is 9.64 Å². The molecule has 1 aromatic rings. The van der Waals surface area contributed by atoms with Crippen molar-refractivity contribution < 1.29 is 17.9 Å². The number of piperidine rings is 1. The summed E-state index contributed by atoms with van der Waals surface area (Å²) in [5.41, 5.74) is 1.33. The van der Waals surface area contributed by atoms with Gasteiger partial charge in [-0.1, -0.05) is 30.3 Å². The summed E-state index contributed by atoms with van der Waals surface area (Å²) in [7, 11) is 0. The number of nitrogens with zero attached hydrogens (tertiary/aromatic N) is 2. The molecule has 0 radical (unpaired) electrons. The van der Waals surface area contributed by atoms with Crippen LogP contribution in [0.15, 0.2) is 30.3 Å². The first-order valence-corrected chi connectivity index (χ1v) is 8.71. The molecule has 0 saturated carbocycles. The van der Waals surface area contributed by atoms with Gasteiger partial charge in [-0.15, -0.1) is 0 Å². The summed E-state index contributed by atoms with van der Waals surface area (Å²) >= 11 is 0. The molecule has 0 aromatic heterocycles. The van der Waals surface area contributed by atoms with Crippen LogP contribution in [0.25, 0.3) is 0 Å². The van der Waals surface area contributed by atoms with E-state index in [1.165, 1.54) is 5.56 Å². The van der Waals surface area contributed by atoms with Gasteiger partial charge in [0.2, 0.25) is 0 Å². The van der Waals surface area contributed by atoms with Crippen LogP contribution in [0.5, 0.6) is 0 Å². The van der Waals surface area contributed by atoms with Crippen LogP contribution in [0.3, 0.4) is 0 Å². The molecule has 0 aliphatic carbocycles. The Hall–Kier alpha value is -1.11. The molecule has 2 fully saturated rings. The topological polar surface area (TPSA) is 15.7 Å². The van der Waals surface area contributed by atoms with E-state index in [0.29, 0.717) is 6.54 Å². The van der Waals surface area contributed by atoms with Gasteiger partial charge in [-0.2, -0.15) is 13.2 Å². The van der Waals surface area contributed by atoms with Crippen molar-refractivity contribution in [3.8, 4) is 0 Å². The summed E-state index contributed by atoms with van der Waals surface area (Å²) in [4.78, 5) is 4.40. The zero-order valence-corrected chi connectivity index (χ0v) is 13.8. The number of hydrogen-bond donors (Lipinski definition) is 0. The van der Waals surface area contributed by atoms with Gasteiger partial charge in [-0.25, -0.2) is 0 Å². The van der Waals surface area contributed by atoms with Gasteiger partial charge >= 0.3 is 6.18 Å². The number of rotatable bonds is 4. The Morgan fingerprint density at radius 2 is 1.75 bits per heavy atom. The van der Waals surface area contributed by atoms with E-state index < -0.39 is 12.3 Å². The minimum Gasteiger partial charge on any atom is -0.366 e. The monoisotopic (exact) mass is 342 g/mol. The Labute approximate surface area is 141 Å². The van der Waals surface area contributed by atoms with Crippen molar-refractivity contribution >= 4 is 0 Å². The summed E-state index contributed by atoms with van der Waals surface area (Å²) in [6.07, 6.45) is -2.96. The zero-order valence-electron chi connectivity index (χ0n) is 13.8. The lowest BCUT2D eigenvalue weighted by molar-refractivity contribution is -0.240. The average molecular weight is 342 g/mol. The number of morpholine rings is 1. The third-order valence-electron chi connectivity index (χ3n) is 5.10. The number of alkyl halides is 3. The highest BCUT2D eigenvalue weighted by molar-refractivity contribution is 5.14. The first kappa shape index (κ1) is 17.7. The van der Waals surface area contributed by atoms with Gasteiger partial charge in [0, 0.05) is 25.7 Å². The fourth-order valence-corrected chi connectivity index (χ4v) is 3.64. The fourth-order valence-electron chi connectivity index (χ4n) is 3.64. The summed E-state index contributed by atoms with van der Waals surface area (Å²) < 4.78 is 43.4. The molecule has 6 heteroatoms. The van der Waals surface area contributed by atoms with Crippen LogP contribution in [0.2, 0.25) is 0 Å². The van der Waals surface area contributed by atoms with Gasteiger partial charge in [0.1, 0.15) is 0 Å². The van der Waals surface area contributed by atoms with Gasteiger partial charge in [0.05, 0.1) is 6.61 Å². The molecule has 1 atom stereocenters. The molecule has 0 bridgehead atoms. The Balaban J connectivity index is 1.43. The van der Waals surface area contributed by atoms with E-state index in [1.807, 2.05) is 11.0 Å². The molecule has 2 aliphatic rings. The molecule has 0 N–H and O–H groups in total. The molecule has 2 heterocycles. The first-order chi connectivity index (χ1) is 11.5. The largest absolute Gasteiger partial charge is 0.415 e. The highest BCUT2D eigenvalue weighted by atomic mass is 19.4. The molecule has 3 rings (SSSR count). The standard InChI is InChI=1S/C18H25F3N2O/c19-18(20,21)17-14-23(12-13-24-17)16-7-10-22(11-8-16)9-6-15-4-2-1-3-5-15/h1-5,16-17H,6-14H2. The number of hydrogen-bond acceptors (Lipinski definition) is 3. The second kappa shape index (κ2) is 7.85. The molecule has 3 nitrogen and oxygen atoms in total. The van der Waals surface area contributed by atoms with E-state index in [2.05, 4.69) is 29.2 Å². The van der Waals surface area contributed by atoms with Gasteiger partial charge in [-0.05, 0) is 37.9 Å². The Bertz CT molecular complexity index is 501. The Kier molecular flexibility index (Phi) is 5.79. The van der Waals surface area contributed by atoms with Crippen molar-refractivity contribution in [2.24, 2.45) is 0 Å². The average Bonchev–Trinajstić information content (AvgIpc) is 2.61.